The SMILES string of the molecule is [2H]C1([2H])CO[C@]2([2H])OC([2H])([2H])[C@]([2H])(OC(=O)N[C@@H](Cc3ccccc3)[C@H](O)CN(CC(C)C)S(=O)(=O)c3ccc(N)cc3)[C@H]12. The molecule has 2 aromatic carbocycles. The van der Waals surface area contributed by atoms with Gasteiger partial charge in [-0.1, -0.05) is 44.2 Å². The lowest BCUT2D eigenvalue weighted by molar-refractivity contribution is -0.0907. The Morgan fingerprint density at radius 2 is 1.92 bits per heavy atom. The molecule has 2 fully saturated rings. The monoisotopic (exact) mass is 553 g/mol. The number of hydrogen-bond donors (Lipinski definition) is 3. The predicted molar refractivity (Wildman–Crippen MR) is 142 cm³/mol. The van der Waals surface area contributed by atoms with E-state index in [-0.39, 0.29) is 23.8 Å². The maximum absolute atomic E-state index is 13.6. The number of aliphatic hydroxyl groups excluding tert-OH is 1. The van der Waals surface area contributed by atoms with Crippen LogP contribution in [-0.4, -0.2) is 74.7 Å². The van der Waals surface area contributed by atoms with E-state index in [2.05, 4.69) is 5.32 Å². The molecule has 2 heterocycles. The van der Waals surface area contributed by atoms with Crippen LogP contribution in [0.5, 0.6) is 0 Å². The van der Waals surface area contributed by atoms with E-state index in [9.17, 15) is 18.3 Å². The Hall–Kier alpha value is -2.70. The summed E-state index contributed by atoms with van der Waals surface area (Å²) in [6, 6.07) is 13.0. The van der Waals surface area contributed by atoms with Crippen LogP contribution in [0, 0.1) is 11.8 Å². The van der Waals surface area contributed by atoms with Crippen molar-refractivity contribution >= 4 is 21.8 Å². The first-order chi connectivity index (χ1) is 20.3. The molecule has 0 aliphatic carbocycles. The Morgan fingerprint density at radius 3 is 2.61 bits per heavy atom. The van der Waals surface area contributed by atoms with Gasteiger partial charge in [-0.15, -0.1) is 0 Å². The minimum atomic E-state index is -4.12. The first-order valence-corrected chi connectivity index (χ1v) is 13.7. The van der Waals surface area contributed by atoms with Gasteiger partial charge in [0.1, 0.15) is 6.08 Å². The smallest absolute Gasteiger partial charge is 0.407 e. The zero-order valence-corrected chi connectivity index (χ0v) is 22.0. The molecular formula is C27H37N3O7S. The Morgan fingerprint density at radius 1 is 1.21 bits per heavy atom. The Bertz CT molecular complexity index is 1440. The van der Waals surface area contributed by atoms with Gasteiger partial charge in [0.05, 0.1) is 41.6 Å². The van der Waals surface area contributed by atoms with E-state index in [1.54, 1.807) is 44.2 Å². The van der Waals surface area contributed by atoms with Crippen molar-refractivity contribution in [3.63, 3.8) is 0 Å². The van der Waals surface area contributed by atoms with Gasteiger partial charge in [-0.2, -0.15) is 4.31 Å². The van der Waals surface area contributed by atoms with E-state index in [0.29, 0.717) is 11.3 Å². The summed E-state index contributed by atoms with van der Waals surface area (Å²) >= 11 is 0. The summed E-state index contributed by atoms with van der Waals surface area (Å²) in [5.74, 6) is -2.12. The average Bonchev–Trinajstić information content (AvgIpc) is 3.25. The Labute approximate surface area is 232 Å². The number of fused-ring (bicyclic) bond motifs is 1. The summed E-state index contributed by atoms with van der Waals surface area (Å²) in [6.45, 7) is -0.642. The number of aliphatic hydroxyl groups is 1. The van der Waals surface area contributed by atoms with Crippen LogP contribution in [0.2, 0.25) is 0 Å². The van der Waals surface area contributed by atoms with Crippen LogP contribution in [-0.2, 0) is 30.7 Å². The number of rotatable bonds is 11. The van der Waals surface area contributed by atoms with E-state index in [4.69, 9.17) is 28.2 Å². The third kappa shape index (κ3) is 7.03. The molecule has 2 aliphatic rings. The number of amides is 1. The summed E-state index contributed by atoms with van der Waals surface area (Å²) in [6.07, 6.45) is -11.1. The fourth-order valence-electron chi connectivity index (χ4n) is 4.12. The van der Waals surface area contributed by atoms with Crippen molar-refractivity contribution < 1.29 is 40.8 Å². The number of alkyl carbamates (subject to hydrolysis) is 1. The lowest BCUT2D eigenvalue weighted by atomic mass is 10.0. The number of anilines is 1. The summed E-state index contributed by atoms with van der Waals surface area (Å²) < 4.78 is 93.1. The predicted octanol–water partition coefficient (Wildman–Crippen LogP) is 2.38. The first kappa shape index (κ1) is 21.2. The number of nitrogen functional groups attached to an aromatic ring is 1. The highest BCUT2D eigenvalue weighted by Gasteiger charge is 2.44. The molecule has 2 aliphatic heterocycles. The molecule has 2 aromatic rings. The van der Waals surface area contributed by atoms with Crippen molar-refractivity contribution in [1.82, 2.24) is 9.62 Å². The molecule has 2 saturated heterocycles. The molecule has 10 nitrogen and oxygen atoms in total. The van der Waals surface area contributed by atoms with Gasteiger partial charge in [0.2, 0.25) is 10.0 Å². The van der Waals surface area contributed by atoms with Gasteiger partial charge in [-0.05, 0) is 48.5 Å². The number of carbonyl (C=O) groups is 1. The molecule has 4 rings (SSSR count). The molecule has 208 valence electrons. The van der Waals surface area contributed by atoms with Gasteiger partial charge in [0, 0.05) is 21.5 Å². The minimum absolute atomic E-state index is 0.0152. The van der Waals surface area contributed by atoms with Crippen LogP contribution < -0.4 is 11.1 Å². The maximum Gasteiger partial charge on any atom is 0.407 e. The van der Waals surface area contributed by atoms with Gasteiger partial charge >= 0.3 is 6.09 Å². The number of hydrogen-bond acceptors (Lipinski definition) is 8. The zero-order chi connectivity index (χ0) is 32.7. The molecular weight excluding hydrogens is 510 g/mol. The second kappa shape index (κ2) is 12.4. The van der Waals surface area contributed by atoms with Crippen molar-refractivity contribution in [2.24, 2.45) is 11.8 Å². The maximum atomic E-state index is 13.6. The number of sulfonamides is 1. The molecule has 38 heavy (non-hydrogen) atoms. The van der Waals surface area contributed by atoms with Crippen LogP contribution in [0.4, 0.5) is 10.5 Å². The minimum Gasteiger partial charge on any atom is -0.443 e. The third-order valence-electron chi connectivity index (χ3n) is 6.00. The molecule has 1 amide bonds. The topological polar surface area (TPSA) is 140 Å². The highest BCUT2D eigenvalue weighted by molar-refractivity contribution is 7.89. The van der Waals surface area contributed by atoms with E-state index in [1.165, 1.54) is 24.3 Å². The van der Waals surface area contributed by atoms with Crippen molar-refractivity contribution in [2.45, 2.75) is 56.0 Å². The molecule has 0 bridgehead atoms. The number of benzene rings is 2. The normalized spacial score (nSPS) is 31.7. The van der Waals surface area contributed by atoms with E-state index < -0.39 is 72.6 Å². The van der Waals surface area contributed by atoms with Crippen LogP contribution in [0.25, 0.3) is 0 Å². The van der Waals surface area contributed by atoms with E-state index in [0.717, 1.165) is 4.31 Å². The molecule has 0 radical (unpaired) electrons. The Balaban J connectivity index is 1.61. The largest absolute Gasteiger partial charge is 0.443 e. The quantitative estimate of drug-likeness (QED) is 0.360. The molecule has 4 N–H and O–H groups in total. The molecule has 5 atom stereocenters. The first-order valence-electron chi connectivity index (χ1n) is 15.2. The fourth-order valence-corrected chi connectivity index (χ4v) is 5.75. The number of nitrogens with two attached hydrogens (primary N) is 1. The highest BCUT2D eigenvalue weighted by Crippen LogP contribution is 2.33. The summed E-state index contributed by atoms with van der Waals surface area (Å²) in [5.41, 5.74) is 6.74. The summed E-state index contributed by atoms with van der Waals surface area (Å²) in [4.78, 5) is 13.2. The lowest BCUT2D eigenvalue weighted by Gasteiger charge is -2.31. The van der Waals surface area contributed by atoms with E-state index >= 15 is 0 Å². The second-order valence-electron chi connectivity index (χ2n) is 9.50. The second-order valence-corrected chi connectivity index (χ2v) is 11.4. The lowest BCUT2D eigenvalue weighted by Crippen LogP contribution is -2.51. The van der Waals surface area contributed by atoms with Crippen molar-refractivity contribution in [1.29, 1.82) is 0 Å². The van der Waals surface area contributed by atoms with E-state index in [1.807, 2.05) is 0 Å². The van der Waals surface area contributed by atoms with Gasteiger partial charge in [0.15, 0.2) is 6.27 Å². The van der Waals surface area contributed by atoms with Gasteiger partial charge in [-0.3, -0.25) is 0 Å². The summed E-state index contributed by atoms with van der Waals surface area (Å²) in [7, 11) is -4.12. The van der Waals surface area contributed by atoms with Gasteiger partial charge < -0.3 is 30.4 Å². The summed E-state index contributed by atoms with van der Waals surface area (Å²) in [5, 5.41) is 13.8. The molecule has 0 unspecified atom stereocenters. The van der Waals surface area contributed by atoms with Crippen molar-refractivity contribution in [3.8, 4) is 0 Å². The molecule has 0 aromatic heterocycles. The molecule has 0 spiro atoms. The van der Waals surface area contributed by atoms with Gasteiger partial charge in [0.25, 0.3) is 0 Å². The standard InChI is InChI=1S/C27H37N3O7S/c1-18(2)15-30(38(33,34)21-10-8-20(28)9-11-21)16-24(31)23(14-19-6-4-3-5-7-19)29-27(32)37-25-17-36-26-22(25)12-13-35-26/h3-11,18,22-26,31H,12-17,28H2,1-2H3,(H,29,32)/t22-,23-,24+,25-,26+/m0/s1/i12D2,17D2,25D,26D. The zero-order valence-electron chi connectivity index (χ0n) is 27.2. The van der Waals surface area contributed by atoms with Gasteiger partial charge in [-0.25, -0.2) is 13.2 Å². The van der Waals surface area contributed by atoms with Crippen LogP contribution in [0.3, 0.4) is 0 Å². The fraction of sp³-hybridized carbons (Fsp3) is 0.519. The Kier molecular flexibility index (Phi) is 6.93. The number of ether oxygens (including phenoxy) is 3. The molecule has 11 heteroatoms. The number of carbonyl (C=O) groups excluding carboxylic acids is 1. The molecule has 0 saturated carbocycles. The van der Waals surface area contributed by atoms with Crippen molar-refractivity contribution in [3.05, 3.63) is 60.2 Å². The van der Waals surface area contributed by atoms with Crippen LogP contribution in [0.15, 0.2) is 59.5 Å². The van der Waals surface area contributed by atoms with Crippen LogP contribution >= 0.6 is 0 Å². The number of nitrogens with one attached hydrogen (secondary N) is 1. The highest BCUT2D eigenvalue weighted by atomic mass is 32.2. The van der Waals surface area contributed by atoms with Crippen molar-refractivity contribution in [2.75, 3.05) is 32.0 Å². The van der Waals surface area contributed by atoms with Crippen LogP contribution in [0.1, 0.15) is 34.0 Å². The average molecular weight is 554 g/mol. The number of nitrogens with zero attached hydrogens (tertiary/aromatic N) is 1. The third-order valence-corrected chi connectivity index (χ3v) is 7.84.